The van der Waals surface area contributed by atoms with Crippen molar-refractivity contribution in [1.29, 1.82) is 5.26 Å². The number of pyridine rings is 1. The Morgan fingerprint density at radius 3 is 2.65 bits per heavy atom. The first kappa shape index (κ1) is 22.8. The molecule has 1 saturated heterocycles. The second kappa shape index (κ2) is 9.11. The molecule has 4 rings (SSSR count). The first-order chi connectivity index (χ1) is 14.8. The molecule has 1 atom stereocenters. The van der Waals surface area contributed by atoms with Crippen molar-refractivity contribution in [2.24, 2.45) is 5.41 Å². The molecule has 0 spiro atoms. The lowest BCUT2D eigenvalue weighted by Gasteiger charge is -2.27. The summed E-state index contributed by atoms with van der Waals surface area (Å²) >= 11 is 0. The zero-order chi connectivity index (χ0) is 22.8. The van der Waals surface area contributed by atoms with E-state index in [0.29, 0.717) is 11.4 Å². The summed E-state index contributed by atoms with van der Waals surface area (Å²) in [5.74, 6) is -1.15. The van der Waals surface area contributed by atoms with E-state index in [4.69, 9.17) is 5.26 Å². The van der Waals surface area contributed by atoms with E-state index < -0.39 is 5.97 Å². The molecule has 7 heteroatoms. The number of fused-ring (bicyclic) bond motifs is 1. The Labute approximate surface area is 183 Å². The molecule has 2 fully saturated rings. The van der Waals surface area contributed by atoms with Gasteiger partial charge in [-0.1, -0.05) is 13.8 Å². The number of nitrogens with zero attached hydrogens (tertiary/aromatic N) is 3. The largest absolute Gasteiger partial charge is 0.477 e. The molecule has 166 valence electrons. The van der Waals surface area contributed by atoms with Crippen molar-refractivity contribution in [1.82, 2.24) is 9.88 Å². The second-order valence-electron chi connectivity index (χ2n) is 8.91. The molecule has 0 bridgehead atoms. The van der Waals surface area contributed by atoms with Crippen LogP contribution >= 0.6 is 0 Å². The third-order valence-electron chi connectivity index (χ3n) is 6.29. The molecule has 31 heavy (non-hydrogen) atoms. The summed E-state index contributed by atoms with van der Waals surface area (Å²) in [6.45, 7) is 11.9. The fourth-order valence-electron chi connectivity index (χ4n) is 4.55. The van der Waals surface area contributed by atoms with Crippen LogP contribution in [-0.2, 0) is 0 Å². The lowest BCUT2D eigenvalue weighted by Crippen LogP contribution is -2.34. The van der Waals surface area contributed by atoms with Crippen LogP contribution < -0.4 is 15.6 Å². The Balaban J connectivity index is 0.000000858. The normalized spacial score (nSPS) is 20.3. The minimum absolute atomic E-state index is 0.133. The van der Waals surface area contributed by atoms with Gasteiger partial charge in [0.25, 0.3) is 0 Å². The van der Waals surface area contributed by atoms with Gasteiger partial charge in [-0.05, 0) is 55.8 Å². The minimum atomic E-state index is -1.15. The number of nitriles is 1. The molecule has 1 aliphatic heterocycles. The number of benzene rings is 1. The number of carbonyl (C=O) groups is 1. The molecule has 1 aliphatic carbocycles. The smallest absolute Gasteiger partial charge is 0.341 e. The van der Waals surface area contributed by atoms with Gasteiger partial charge in [-0.25, -0.2) is 4.79 Å². The van der Waals surface area contributed by atoms with Crippen LogP contribution in [0.3, 0.4) is 0 Å². The highest BCUT2D eigenvalue weighted by Gasteiger charge is 2.35. The Kier molecular flexibility index (Phi) is 6.71. The zero-order valence-corrected chi connectivity index (χ0v) is 18.9. The number of aromatic carboxylic acids is 1. The number of hydrogen-bond acceptors (Lipinski definition) is 5. The van der Waals surface area contributed by atoms with E-state index in [-0.39, 0.29) is 16.4 Å². The summed E-state index contributed by atoms with van der Waals surface area (Å²) in [7, 11) is 0. The molecular weight excluding hydrogens is 392 g/mol. The van der Waals surface area contributed by atoms with E-state index in [9.17, 15) is 14.7 Å². The third-order valence-corrected chi connectivity index (χ3v) is 6.29. The predicted molar refractivity (Wildman–Crippen MR) is 123 cm³/mol. The lowest BCUT2D eigenvalue weighted by molar-refractivity contribution is 0.0695. The van der Waals surface area contributed by atoms with Crippen molar-refractivity contribution in [2.75, 3.05) is 31.1 Å². The first-order valence-corrected chi connectivity index (χ1v) is 10.9. The standard InChI is InChI=1S/C22H29N3O3.C2H3N/c1-4-23-12-22(3)9-10-24(13-22)18-8-7-16-19(14(18)2)25(15-5-6-15)11-17(20(16)26)21(27)28;1-2-3/h7-8,11,15,23H,4-6,9-10,12-13H2,1-3H3,(H,27,28);1H3. The first-order valence-electron chi connectivity index (χ1n) is 10.9. The molecule has 1 aromatic carbocycles. The zero-order valence-electron chi connectivity index (χ0n) is 18.9. The van der Waals surface area contributed by atoms with Gasteiger partial charge in [-0.3, -0.25) is 4.79 Å². The van der Waals surface area contributed by atoms with E-state index in [2.05, 4.69) is 31.0 Å². The van der Waals surface area contributed by atoms with Crippen molar-refractivity contribution in [2.45, 2.75) is 53.0 Å². The van der Waals surface area contributed by atoms with E-state index >= 15 is 0 Å². The highest BCUT2D eigenvalue weighted by molar-refractivity contribution is 5.95. The number of nitrogens with one attached hydrogen (secondary N) is 1. The molecule has 2 aliphatic rings. The van der Waals surface area contributed by atoms with Crippen molar-refractivity contribution in [3.05, 3.63) is 39.7 Å². The number of aryl methyl sites for hydroxylation is 1. The summed E-state index contributed by atoms with van der Waals surface area (Å²) in [5.41, 5.74) is 2.85. The maximum absolute atomic E-state index is 12.8. The van der Waals surface area contributed by atoms with Crippen molar-refractivity contribution in [3.63, 3.8) is 0 Å². The number of carboxylic acids is 1. The third kappa shape index (κ3) is 4.59. The van der Waals surface area contributed by atoms with E-state index in [1.54, 1.807) is 12.3 Å². The van der Waals surface area contributed by atoms with E-state index in [1.807, 2.05) is 16.7 Å². The summed E-state index contributed by atoms with van der Waals surface area (Å²) in [5, 5.41) is 20.8. The Morgan fingerprint density at radius 1 is 1.39 bits per heavy atom. The predicted octanol–water partition coefficient (Wildman–Crippen LogP) is 3.70. The Hall–Kier alpha value is -2.85. The van der Waals surface area contributed by atoms with Crippen molar-refractivity contribution >= 4 is 22.6 Å². The fraction of sp³-hybridized carbons (Fsp3) is 0.542. The second-order valence-corrected chi connectivity index (χ2v) is 8.91. The maximum Gasteiger partial charge on any atom is 0.341 e. The van der Waals surface area contributed by atoms with Crippen LogP contribution in [0, 0.1) is 23.7 Å². The summed E-state index contributed by atoms with van der Waals surface area (Å²) < 4.78 is 2.03. The number of rotatable bonds is 6. The van der Waals surface area contributed by atoms with E-state index in [1.165, 1.54) is 6.92 Å². The van der Waals surface area contributed by atoms with Gasteiger partial charge in [0.1, 0.15) is 5.56 Å². The quantitative estimate of drug-likeness (QED) is 0.734. The number of anilines is 1. The van der Waals surface area contributed by atoms with Gasteiger partial charge in [0.05, 0.1) is 11.6 Å². The SMILES string of the molecule is CC#N.CCNCC1(C)CCN(c2ccc3c(=O)c(C(=O)O)cn(C4CC4)c3c2C)C1. The maximum atomic E-state index is 12.8. The van der Waals surface area contributed by atoms with Crippen LogP contribution in [0.5, 0.6) is 0 Å². The van der Waals surface area contributed by atoms with Crippen LogP contribution in [0.25, 0.3) is 10.9 Å². The van der Waals surface area contributed by atoms with Crippen LogP contribution in [0.4, 0.5) is 5.69 Å². The van der Waals surface area contributed by atoms with Gasteiger partial charge in [0, 0.05) is 49.9 Å². The molecule has 0 amide bonds. The minimum Gasteiger partial charge on any atom is -0.477 e. The Morgan fingerprint density at radius 2 is 2.06 bits per heavy atom. The van der Waals surface area contributed by atoms with Gasteiger partial charge in [0.2, 0.25) is 5.43 Å². The molecule has 0 radical (unpaired) electrons. The number of carboxylic acid groups (broad SMARTS) is 1. The van der Waals surface area contributed by atoms with Crippen LogP contribution in [0.1, 0.15) is 62.0 Å². The van der Waals surface area contributed by atoms with Gasteiger partial charge >= 0.3 is 5.97 Å². The van der Waals surface area contributed by atoms with Gasteiger partial charge in [-0.15, -0.1) is 0 Å². The Bertz CT molecular complexity index is 1080. The highest BCUT2D eigenvalue weighted by Crippen LogP contribution is 2.40. The molecular formula is C24H32N4O3. The van der Waals surface area contributed by atoms with E-state index in [0.717, 1.165) is 62.2 Å². The molecule has 2 aromatic rings. The molecule has 2 heterocycles. The van der Waals surface area contributed by atoms with Crippen LogP contribution in [0.2, 0.25) is 0 Å². The summed E-state index contributed by atoms with van der Waals surface area (Å²) in [6.07, 6.45) is 4.75. The van der Waals surface area contributed by atoms with Gasteiger partial charge in [0.15, 0.2) is 0 Å². The average molecular weight is 425 g/mol. The molecule has 1 aromatic heterocycles. The number of aromatic nitrogens is 1. The highest BCUT2D eigenvalue weighted by atomic mass is 16.4. The van der Waals surface area contributed by atoms with Crippen molar-refractivity contribution < 1.29 is 9.90 Å². The summed E-state index contributed by atoms with van der Waals surface area (Å²) in [4.78, 5) is 26.7. The lowest BCUT2D eigenvalue weighted by atomic mass is 9.90. The molecule has 1 unspecified atom stereocenters. The molecule has 2 N–H and O–H groups in total. The number of hydrogen-bond donors (Lipinski definition) is 2. The summed E-state index contributed by atoms with van der Waals surface area (Å²) in [6, 6.07) is 5.87. The topological polar surface area (TPSA) is 98.4 Å². The fourth-order valence-corrected chi connectivity index (χ4v) is 4.55. The van der Waals surface area contributed by atoms with Crippen LogP contribution in [-0.4, -0.2) is 41.8 Å². The van der Waals surface area contributed by atoms with Gasteiger partial charge < -0.3 is 19.9 Å². The van der Waals surface area contributed by atoms with Crippen molar-refractivity contribution in [3.8, 4) is 6.07 Å². The monoisotopic (exact) mass is 424 g/mol. The molecule has 1 saturated carbocycles. The molecule has 7 nitrogen and oxygen atoms in total. The average Bonchev–Trinajstić information content (AvgIpc) is 3.50. The van der Waals surface area contributed by atoms with Gasteiger partial charge in [-0.2, -0.15) is 5.26 Å². The van der Waals surface area contributed by atoms with Crippen LogP contribution in [0.15, 0.2) is 23.1 Å².